The Labute approximate surface area is 177 Å². The van der Waals surface area contributed by atoms with E-state index < -0.39 is 0 Å². The highest BCUT2D eigenvalue weighted by atomic mass is 16.6. The second-order valence-electron chi connectivity index (χ2n) is 8.56. The van der Waals surface area contributed by atoms with Crippen LogP contribution in [0.2, 0.25) is 0 Å². The smallest absolute Gasteiger partial charge is 0.410 e. The first-order chi connectivity index (χ1) is 14.6. The van der Waals surface area contributed by atoms with Crippen LogP contribution >= 0.6 is 0 Å². The summed E-state index contributed by atoms with van der Waals surface area (Å²) < 4.78 is 5.38. The fraction of sp³-hybridized carbons (Fsp3) is 0.609. The van der Waals surface area contributed by atoms with Crippen LogP contribution in [0.15, 0.2) is 30.3 Å². The number of carbonyl (C=O) groups excluding carboxylic acids is 3. The number of amides is 3. The number of ether oxygens (including phenoxy) is 1. The van der Waals surface area contributed by atoms with E-state index in [2.05, 4.69) is 0 Å². The summed E-state index contributed by atoms with van der Waals surface area (Å²) in [5, 5.41) is 0. The van der Waals surface area contributed by atoms with Gasteiger partial charge in [-0.05, 0) is 44.2 Å². The van der Waals surface area contributed by atoms with Crippen molar-refractivity contribution in [2.24, 2.45) is 5.92 Å². The Morgan fingerprint density at radius 1 is 0.967 bits per heavy atom. The highest BCUT2D eigenvalue weighted by Crippen LogP contribution is 2.26. The summed E-state index contributed by atoms with van der Waals surface area (Å²) in [7, 11) is 0. The lowest BCUT2D eigenvalue weighted by Gasteiger charge is -2.39. The van der Waals surface area contributed by atoms with Crippen molar-refractivity contribution in [2.75, 3.05) is 32.7 Å². The van der Waals surface area contributed by atoms with Crippen LogP contribution in [0.3, 0.4) is 0 Å². The molecule has 3 heterocycles. The predicted molar refractivity (Wildman–Crippen MR) is 112 cm³/mol. The van der Waals surface area contributed by atoms with Gasteiger partial charge in [0.25, 0.3) is 5.91 Å². The molecule has 0 aromatic heterocycles. The topological polar surface area (TPSA) is 70.2 Å². The Hall–Kier alpha value is -2.57. The number of likely N-dealkylation sites (tertiary alicyclic amines) is 2. The molecule has 1 atom stereocenters. The van der Waals surface area contributed by atoms with E-state index in [1.54, 1.807) is 0 Å². The fourth-order valence-electron chi connectivity index (χ4n) is 4.80. The van der Waals surface area contributed by atoms with Gasteiger partial charge in [-0.15, -0.1) is 0 Å². The average molecular weight is 414 g/mol. The van der Waals surface area contributed by atoms with Crippen molar-refractivity contribution in [1.29, 1.82) is 0 Å². The summed E-state index contributed by atoms with van der Waals surface area (Å²) in [5.74, 6) is 0.239. The van der Waals surface area contributed by atoms with Crippen molar-refractivity contribution in [1.82, 2.24) is 14.7 Å². The zero-order chi connectivity index (χ0) is 21.1. The molecule has 0 N–H and O–H groups in total. The van der Waals surface area contributed by atoms with Gasteiger partial charge in [-0.25, -0.2) is 4.79 Å². The van der Waals surface area contributed by atoms with Crippen molar-refractivity contribution < 1.29 is 19.1 Å². The van der Waals surface area contributed by atoms with Crippen molar-refractivity contribution in [2.45, 2.75) is 51.2 Å². The van der Waals surface area contributed by atoms with Crippen LogP contribution in [-0.4, -0.2) is 77.5 Å². The Balaban J connectivity index is 1.24. The maximum atomic E-state index is 13.0. The first-order valence-corrected chi connectivity index (χ1v) is 11.2. The van der Waals surface area contributed by atoms with Crippen molar-refractivity contribution in [3.8, 4) is 0 Å². The predicted octanol–water partition coefficient (Wildman–Crippen LogP) is 2.76. The maximum absolute atomic E-state index is 13.0. The third kappa shape index (κ3) is 4.30. The fourth-order valence-corrected chi connectivity index (χ4v) is 4.80. The Morgan fingerprint density at radius 3 is 2.20 bits per heavy atom. The number of benzene rings is 1. The summed E-state index contributed by atoms with van der Waals surface area (Å²) >= 11 is 0. The van der Waals surface area contributed by atoms with Gasteiger partial charge >= 0.3 is 6.09 Å². The molecular formula is C23H31N3O4. The lowest BCUT2D eigenvalue weighted by atomic mass is 9.93. The van der Waals surface area contributed by atoms with Gasteiger partial charge in [0.1, 0.15) is 6.10 Å². The van der Waals surface area contributed by atoms with E-state index in [1.165, 1.54) is 0 Å². The molecule has 0 spiro atoms. The zero-order valence-electron chi connectivity index (χ0n) is 17.7. The molecule has 0 aliphatic carbocycles. The van der Waals surface area contributed by atoms with E-state index in [-0.39, 0.29) is 36.0 Å². The Kier molecular flexibility index (Phi) is 6.25. The molecule has 4 rings (SSSR count). The number of hydrogen-bond acceptors (Lipinski definition) is 4. The molecule has 30 heavy (non-hydrogen) atoms. The summed E-state index contributed by atoms with van der Waals surface area (Å²) in [6.07, 6.45) is 3.68. The number of carbonyl (C=O) groups is 3. The molecule has 1 aromatic carbocycles. The number of hydrogen-bond donors (Lipinski definition) is 0. The molecule has 0 saturated carbocycles. The normalized spacial score (nSPS) is 23.6. The second kappa shape index (κ2) is 9.06. The lowest BCUT2D eigenvalue weighted by molar-refractivity contribution is -0.138. The average Bonchev–Trinajstić information content (AvgIpc) is 3.19. The Morgan fingerprint density at radius 2 is 1.60 bits per heavy atom. The number of rotatable bonds is 4. The molecule has 0 bridgehead atoms. The standard InChI is InChI=1S/C23H31N3O4/c1-2-20-16-26(23(29)30-20)19-10-14-25(15-11-19)22(28)18-8-12-24(13-9-18)21(27)17-6-4-3-5-7-17/h3-7,18-20H,2,8-16H2,1H3. The van der Waals surface area contributed by atoms with E-state index in [0.717, 1.165) is 19.3 Å². The maximum Gasteiger partial charge on any atom is 0.410 e. The monoisotopic (exact) mass is 413 g/mol. The molecule has 0 radical (unpaired) electrons. The summed E-state index contributed by atoms with van der Waals surface area (Å²) in [6, 6.07) is 9.49. The third-order valence-electron chi connectivity index (χ3n) is 6.73. The van der Waals surface area contributed by atoms with E-state index in [4.69, 9.17) is 4.74 Å². The molecule has 3 saturated heterocycles. The molecular weight excluding hydrogens is 382 g/mol. The van der Waals surface area contributed by atoms with Crippen molar-refractivity contribution in [3.05, 3.63) is 35.9 Å². The minimum atomic E-state index is -0.206. The largest absolute Gasteiger partial charge is 0.444 e. The van der Waals surface area contributed by atoms with Gasteiger partial charge in [-0.2, -0.15) is 0 Å². The van der Waals surface area contributed by atoms with Crippen LogP contribution in [-0.2, 0) is 9.53 Å². The first kappa shape index (κ1) is 20.7. The first-order valence-electron chi connectivity index (χ1n) is 11.2. The molecule has 7 nitrogen and oxygen atoms in total. The van der Waals surface area contributed by atoms with Crippen LogP contribution in [0.1, 0.15) is 49.4 Å². The minimum Gasteiger partial charge on any atom is -0.444 e. The van der Waals surface area contributed by atoms with Crippen LogP contribution in [0, 0.1) is 5.92 Å². The number of nitrogens with zero attached hydrogens (tertiary/aromatic N) is 3. The van der Waals surface area contributed by atoms with Crippen LogP contribution < -0.4 is 0 Å². The van der Waals surface area contributed by atoms with E-state index in [1.807, 2.05) is 52.0 Å². The molecule has 3 aliphatic heterocycles. The molecule has 1 unspecified atom stereocenters. The van der Waals surface area contributed by atoms with Crippen LogP contribution in [0.25, 0.3) is 0 Å². The highest BCUT2D eigenvalue weighted by molar-refractivity contribution is 5.94. The molecule has 3 amide bonds. The van der Waals surface area contributed by atoms with Gasteiger partial charge in [0.05, 0.1) is 6.54 Å². The number of cyclic esters (lactones) is 1. The van der Waals surface area contributed by atoms with E-state index in [9.17, 15) is 14.4 Å². The van der Waals surface area contributed by atoms with Gasteiger partial charge in [0.2, 0.25) is 5.91 Å². The highest BCUT2D eigenvalue weighted by Gasteiger charge is 2.38. The Bertz CT molecular complexity index is 768. The summed E-state index contributed by atoms with van der Waals surface area (Å²) in [5.41, 5.74) is 0.704. The van der Waals surface area contributed by atoms with Gasteiger partial charge in [0.15, 0.2) is 0 Å². The lowest BCUT2D eigenvalue weighted by Crippen LogP contribution is -2.50. The molecule has 162 valence electrons. The quantitative estimate of drug-likeness (QED) is 0.761. The van der Waals surface area contributed by atoms with Gasteiger partial charge < -0.3 is 19.4 Å². The number of piperidine rings is 2. The van der Waals surface area contributed by atoms with Crippen LogP contribution in [0.4, 0.5) is 4.79 Å². The van der Waals surface area contributed by atoms with Crippen molar-refractivity contribution >= 4 is 17.9 Å². The van der Waals surface area contributed by atoms with E-state index in [0.29, 0.717) is 51.1 Å². The van der Waals surface area contributed by atoms with Gasteiger partial charge in [0, 0.05) is 43.7 Å². The van der Waals surface area contributed by atoms with Gasteiger partial charge in [-0.1, -0.05) is 25.1 Å². The summed E-state index contributed by atoms with van der Waals surface area (Å²) in [4.78, 5) is 43.4. The zero-order valence-corrected chi connectivity index (χ0v) is 17.7. The minimum absolute atomic E-state index is 0.000873. The van der Waals surface area contributed by atoms with Gasteiger partial charge in [-0.3, -0.25) is 9.59 Å². The SMILES string of the molecule is CCC1CN(C2CCN(C(=O)C3CCN(C(=O)c4ccccc4)CC3)CC2)C(=O)O1. The molecule has 1 aromatic rings. The molecule has 3 fully saturated rings. The molecule has 3 aliphatic rings. The second-order valence-corrected chi connectivity index (χ2v) is 8.56. The third-order valence-corrected chi connectivity index (χ3v) is 6.73. The van der Waals surface area contributed by atoms with Crippen LogP contribution in [0.5, 0.6) is 0 Å². The van der Waals surface area contributed by atoms with E-state index >= 15 is 0 Å². The van der Waals surface area contributed by atoms with Crippen molar-refractivity contribution in [3.63, 3.8) is 0 Å². The molecule has 7 heteroatoms. The summed E-state index contributed by atoms with van der Waals surface area (Å²) in [6.45, 7) is 5.32.